The fraction of sp³-hybridized carbons (Fsp3) is 0.950. The molecule has 0 aliphatic carbocycles. The van der Waals surface area contributed by atoms with E-state index < -0.39 is 0 Å². The highest BCUT2D eigenvalue weighted by Gasteiger charge is 2.31. The third kappa shape index (κ3) is 5.11. The van der Waals surface area contributed by atoms with Gasteiger partial charge in [0.25, 0.3) is 0 Å². The lowest BCUT2D eigenvalue weighted by molar-refractivity contribution is -0.0491. The number of piperidine rings is 1. The monoisotopic (exact) mass is 365 g/mol. The average molecular weight is 366 g/mol. The van der Waals surface area contributed by atoms with Crippen molar-refractivity contribution in [2.24, 2.45) is 4.99 Å². The molecule has 3 aliphatic heterocycles. The minimum absolute atomic E-state index is 0.124. The molecule has 0 aromatic carbocycles. The maximum Gasteiger partial charge on any atom is 0.194 e. The number of nitrogens with one attached hydrogen (secondary N) is 1. The molecule has 0 aromatic rings. The number of hydrogen-bond acceptors (Lipinski definition) is 4. The summed E-state index contributed by atoms with van der Waals surface area (Å²) in [5.41, 5.74) is 0.124. The first kappa shape index (κ1) is 19.9. The second kappa shape index (κ2) is 9.38. The van der Waals surface area contributed by atoms with E-state index in [4.69, 9.17) is 9.73 Å². The SMILES string of the molecule is CCNC(=NCCN1CCOCC1(C)C)N1CCC(N2CCCCC2)C1. The highest BCUT2D eigenvalue weighted by molar-refractivity contribution is 5.80. The number of nitrogens with zero attached hydrogens (tertiary/aromatic N) is 4. The number of morpholine rings is 1. The number of hydrogen-bond donors (Lipinski definition) is 1. The first-order valence-electron chi connectivity index (χ1n) is 10.7. The molecule has 0 radical (unpaired) electrons. The van der Waals surface area contributed by atoms with E-state index in [1.54, 1.807) is 0 Å². The third-order valence-electron chi connectivity index (χ3n) is 6.15. The van der Waals surface area contributed by atoms with Gasteiger partial charge in [-0.25, -0.2) is 0 Å². The maximum absolute atomic E-state index is 5.63. The molecule has 1 unspecified atom stereocenters. The van der Waals surface area contributed by atoms with Gasteiger partial charge in [-0.2, -0.15) is 0 Å². The van der Waals surface area contributed by atoms with Crippen molar-refractivity contribution < 1.29 is 4.74 Å². The zero-order chi connectivity index (χ0) is 18.4. The van der Waals surface area contributed by atoms with Crippen LogP contribution < -0.4 is 5.32 Å². The number of rotatable bonds is 5. The first-order chi connectivity index (χ1) is 12.6. The molecule has 6 heteroatoms. The summed E-state index contributed by atoms with van der Waals surface area (Å²) in [6.07, 6.45) is 5.44. The van der Waals surface area contributed by atoms with E-state index in [1.807, 2.05) is 0 Å². The lowest BCUT2D eigenvalue weighted by Gasteiger charge is -2.41. The van der Waals surface area contributed by atoms with Gasteiger partial charge in [0.1, 0.15) is 0 Å². The van der Waals surface area contributed by atoms with Crippen LogP contribution in [0.4, 0.5) is 0 Å². The molecule has 0 spiro atoms. The van der Waals surface area contributed by atoms with Gasteiger partial charge in [0.2, 0.25) is 0 Å². The third-order valence-corrected chi connectivity index (χ3v) is 6.15. The molecule has 3 saturated heterocycles. The number of likely N-dealkylation sites (tertiary alicyclic amines) is 2. The molecule has 6 nitrogen and oxygen atoms in total. The molecule has 3 fully saturated rings. The molecule has 1 N–H and O–H groups in total. The Morgan fingerprint density at radius 1 is 1.15 bits per heavy atom. The van der Waals surface area contributed by atoms with E-state index in [2.05, 4.69) is 40.8 Å². The number of guanidine groups is 1. The first-order valence-corrected chi connectivity index (χ1v) is 10.7. The van der Waals surface area contributed by atoms with E-state index in [1.165, 1.54) is 38.8 Å². The van der Waals surface area contributed by atoms with E-state index in [9.17, 15) is 0 Å². The second-order valence-electron chi connectivity index (χ2n) is 8.57. The van der Waals surface area contributed by atoms with Crippen LogP contribution in [0.15, 0.2) is 4.99 Å². The van der Waals surface area contributed by atoms with Crippen molar-refractivity contribution in [3.05, 3.63) is 0 Å². The quantitative estimate of drug-likeness (QED) is 0.592. The summed E-state index contributed by atoms with van der Waals surface area (Å²) in [4.78, 5) is 12.7. The van der Waals surface area contributed by atoms with Crippen LogP contribution in [0.2, 0.25) is 0 Å². The van der Waals surface area contributed by atoms with Crippen molar-refractivity contribution in [2.75, 3.05) is 65.6 Å². The summed E-state index contributed by atoms with van der Waals surface area (Å²) in [5, 5.41) is 3.52. The van der Waals surface area contributed by atoms with Crippen molar-refractivity contribution in [1.82, 2.24) is 20.0 Å². The van der Waals surface area contributed by atoms with Gasteiger partial charge >= 0.3 is 0 Å². The summed E-state index contributed by atoms with van der Waals surface area (Å²) >= 11 is 0. The van der Waals surface area contributed by atoms with Crippen LogP contribution in [0, 0.1) is 0 Å². The minimum Gasteiger partial charge on any atom is -0.378 e. The number of aliphatic imine (C=N–C) groups is 1. The Balaban J connectivity index is 1.52. The van der Waals surface area contributed by atoms with Gasteiger partial charge in [0.05, 0.1) is 19.8 Å². The predicted molar refractivity (Wildman–Crippen MR) is 108 cm³/mol. The second-order valence-corrected chi connectivity index (χ2v) is 8.57. The van der Waals surface area contributed by atoms with Crippen molar-refractivity contribution in [2.45, 2.75) is 58.0 Å². The molecule has 1 atom stereocenters. The molecule has 3 aliphatic rings. The van der Waals surface area contributed by atoms with Gasteiger partial charge in [0.15, 0.2) is 5.96 Å². The summed E-state index contributed by atoms with van der Waals surface area (Å²) in [6.45, 7) is 17.0. The lowest BCUT2D eigenvalue weighted by Crippen LogP contribution is -2.53. The molecule has 150 valence electrons. The van der Waals surface area contributed by atoms with Gasteiger partial charge in [-0.1, -0.05) is 6.42 Å². The van der Waals surface area contributed by atoms with E-state index in [0.29, 0.717) is 0 Å². The molecule has 0 bridgehead atoms. The van der Waals surface area contributed by atoms with Crippen LogP contribution in [-0.2, 0) is 4.74 Å². The minimum atomic E-state index is 0.124. The summed E-state index contributed by atoms with van der Waals surface area (Å²) in [6, 6.07) is 0.720. The Hall–Kier alpha value is -0.850. The molecule has 0 amide bonds. The van der Waals surface area contributed by atoms with Crippen molar-refractivity contribution >= 4 is 5.96 Å². The summed E-state index contributed by atoms with van der Waals surface area (Å²) < 4.78 is 5.63. The average Bonchev–Trinajstić information content (AvgIpc) is 3.13. The van der Waals surface area contributed by atoms with Gasteiger partial charge in [0, 0.05) is 44.3 Å². The highest BCUT2D eigenvalue weighted by atomic mass is 16.5. The lowest BCUT2D eigenvalue weighted by atomic mass is 10.0. The van der Waals surface area contributed by atoms with Crippen molar-refractivity contribution in [1.29, 1.82) is 0 Å². The van der Waals surface area contributed by atoms with Crippen LogP contribution >= 0.6 is 0 Å². The summed E-state index contributed by atoms with van der Waals surface area (Å²) in [5.74, 6) is 1.11. The van der Waals surface area contributed by atoms with E-state index >= 15 is 0 Å². The zero-order valence-electron chi connectivity index (χ0n) is 17.2. The fourth-order valence-electron chi connectivity index (χ4n) is 4.52. The Bertz CT molecular complexity index is 461. The van der Waals surface area contributed by atoms with Crippen LogP contribution in [0.1, 0.15) is 46.5 Å². The van der Waals surface area contributed by atoms with E-state index in [0.717, 1.165) is 64.5 Å². The van der Waals surface area contributed by atoms with Crippen molar-refractivity contribution in [3.63, 3.8) is 0 Å². The standard InChI is InChI=1S/C20H39N5O/c1-4-21-19(22-9-13-25-14-15-26-17-20(25,2)3)24-12-8-18(16-24)23-10-6-5-7-11-23/h18H,4-17H2,1-3H3,(H,21,22). The van der Waals surface area contributed by atoms with Gasteiger partial charge in [-0.05, 0) is 53.1 Å². The maximum atomic E-state index is 5.63. The largest absolute Gasteiger partial charge is 0.378 e. The van der Waals surface area contributed by atoms with Crippen LogP contribution in [-0.4, -0.2) is 97.8 Å². The van der Waals surface area contributed by atoms with E-state index in [-0.39, 0.29) is 5.54 Å². The predicted octanol–water partition coefficient (Wildman–Crippen LogP) is 1.62. The van der Waals surface area contributed by atoms with Crippen LogP contribution in [0.5, 0.6) is 0 Å². The van der Waals surface area contributed by atoms with Crippen molar-refractivity contribution in [3.8, 4) is 0 Å². The zero-order valence-corrected chi connectivity index (χ0v) is 17.2. The fourth-order valence-corrected chi connectivity index (χ4v) is 4.52. The topological polar surface area (TPSA) is 43.3 Å². The van der Waals surface area contributed by atoms with Crippen LogP contribution in [0.25, 0.3) is 0 Å². The number of ether oxygens (including phenoxy) is 1. The Kier molecular flexibility index (Phi) is 7.18. The molecule has 3 rings (SSSR count). The highest BCUT2D eigenvalue weighted by Crippen LogP contribution is 2.21. The molecule has 0 saturated carbocycles. The molecular formula is C20H39N5O. The van der Waals surface area contributed by atoms with Gasteiger partial charge in [-0.3, -0.25) is 14.8 Å². The molecular weight excluding hydrogens is 326 g/mol. The summed E-state index contributed by atoms with van der Waals surface area (Å²) in [7, 11) is 0. The van der Waals surface area contributed by atoms with Gasteiger partial charge in [-0.15, -0.1) is 0 Å². The normalized spacial score (nSPS) is 28.5. The Morgan fingerprint density at radius 3 is 2.69 bits per heavy atom. The molecule has 0 aromatic heterocycles. The smallest absolute Gasteiger partial charge is 0.194 e. The Morgan fingerprint density at radius 2 is 1.96 bits per heavy atom. The molecule has 26 heavy (non-hydrogen) atoms. The van der Waals surface area contributed by atoms with Crippen LogP contribution in [0.3, 0.4) is 0 Å². The van der Waals surface area contributed by atoms with Gasteiger partial charge < -0.3 is 15.0 Å². The Labute approximate surface area is 159 Å². The molecule has 3 heterocycles.